The molecule has 1 unspecified atom stereocenters. The van der Waals surface area contributed by atoms with Gasteiger partial charge in [0.2, 0.25) is 0 Å². The second-order valence-corrected chi connectivity index (χ2v) is 9.18. The molecule has 0 spiro atoms. The fourth-order valence-electron chi connectivity index (χ4n) is 4.52. The van der Waals surface area contributed by atoms with Gasteiger partial charge in [0.15, 0.2) is 0 Å². The van der Waals surface area contributed by atoms with Crippen molar-refractivity contribution in [2.45, 2.75) is 45.6 Å². The van der Waals surface area contributed by atoms with E-state index < -0.39 is 5.97 Å². The zero-order valence-electron chi connectivity index (χ0n) is 21.2. The predicted octanol–water partition coefficient (Wildman–Crippen LogP) is 7.34. The molecule has 3 aromatic carbocycles. The zero-order valence-corrected chi connectivity index (χ0v) is 21.2. The van der Waals surface area contributed by atoms with Gasteiger partial charge in [-0.2, -0.15) is 0 Å². The van der Waals surface area contributed by atoms with Crippen molar-refractivity contribution in [2.24, 2.45) is 0 Å². The summed E-state index contributed by atoms with van der Waals surface area (Å²) in [6.07, 6.45) is 5.32. The summed E-state index contributed by atoms with van der Waals surface area (Å²) >= 11 is 0. The maximum atomic E-state index is 11.9. The minimum atomic E-state index is -0.855. The van der Waals surface area contributed by atoms with Gasteiger partial charge in [0.1, 0.15) is 12.4 Å². The maximum Gasteiger partial charge on any atom is 0.331 e. The highest BCUT2D eigenvalue weighted by molar-refractivity contribution is 5.94. The molecule has 5 nitrogen and oxygen atoms in total. The normalized spacial score (nSPS) is 15.4. The summed E-state index contributed by atoms with van der Waals surface area (Å²) in [4.78, 5) is 14.2. The van der Waals surface area contributed by atoms with Crippen LogP contribution in [-0.4, -0.2) is 36.9 Å². The first kappa shape index (κ1) is 25.5. The summed E-state index contributed by atoms with van der Waals surface area (Å²) < 4.78 is 11.4. The van der Waals surface area contributed by atoms with Crippen molar-refractivity contribution in [1.29, 1.82) is 0 Å². The van der Waals surface area contributed by atoms with Gasteiger partial charge in [0.05, 0.1) is 6.61 Å². The van der Waals surface area contributed by atoms with Crippen LogP contribution in [0.25, 0.3) is 17.2 Å². The van der Waals surface area contributed by atoms with Crippen molar-refractivity contribution in [3.05, 3.63) is 83.9 Å². The second kappa shape index (κ2) is 12.4. The number of fused-ring (bicyclic) bond motifs is 1. The number of rotatable bonds is 10. The third-order valence-electron chi connectivity index (χ3n) is 6.52. The Hall–Kier alpha value is -3.57. The Morgan fingerprint density at radius 1 is 0.972 bits per heavy atom. The molecule has 3 aromatic rings. The number of benzene rings is 3. The Kier molecular flexibility index (Phi) is 8.80. The zero-order chi connectivity index (χ0) is 25.3. The summed E-state index contributed by atoms with van der Waals surface area (Å²) in [5, 5.41) is 9.79. The van der Waals surface area contributed by atoms with Gasteiger partial charge in [0, 0.05) is 29.6 Å². The molecule has 0 aliphatic carbocycles. The van der Waals surface area contributed by atoms with E-state index in [1.807, 2.05) is 48.5 Å². The average molecular weight is 486 g/mol. The third kappa shape index (κ3) is 6.35. The number of anilines is 2. The number of ether oxygens (including phenoxy) is 2. The molecule has 0 saturated heterocycles. The van der Waals surface area contributed by atoms with Crippen molar-refractivity contribution in [2.75, 3.05) is 24.7 Å². The van der Waals surface area contributed by atoms with E-state index in [-0.39, 0.29) is 6.04 Å². The number of carboxylic acid groups (broad SMARTS) is 1. The first-order valence-electron chi connectivity index (χ1n) is 12.8. The maximum absolute atomic E-state index is 11.9. The lowest BCUT2D eigenvalue weighted by atomic mass is 9.94. The minimum absolute atomic E-state index is 0.155. The van der Waals surface area contributed by atoms with Gasteiger partial charge >= 0.3 is 5.97 Å². The summed E-state index contributed by atoms with van der Waals surface area (Å²) in [7, 11) is 0. The Bertz CT molecular complexity index is 1170. The van der Waals surface area contributed by atoms with Crippen LogP contribution < -0.4 is 9.64 Å². The summed E-state index contributed by atoms with van der Waals surface area (Å²) in [6.45, 7) is 6.19. The van der Waals surface area contributed by atoms with Crippen LogP contribution in [0.5, 0.6) is 5.75 Å². The van der Waals surface area contributed by atoms with E-state index in [0.29, 0.717) is 25.2 Å². The van der Waals surface area contributed by atoms with Crippen LogP contribution >= 0.6 is 0 Å². The molecule has 36 heavy (non-hydrogen) atoms. The van der Waals surface area contributed by atoms with E-state index >= 15 is 0 Å². The van der Waals surface area contributed by atoms with E-state index in [9.17, 15) is 9.90 Å². The molecule has 1 aliphatic heterocycles. The summed E-state index contributed by atoms with van der Waals surface area (Å²) in [6, 6.07) is 24.8. The number of carboxylic acids is 1. The molecule has 1 heterocycles. The summed E-state index contributed by atoms with van der Waals surface area (Å²) in [5.74, 6) is -0.0480. The molecule has 0 bridgehead atoms. The van der Waals surface area contributed by atoms with Crippen molar-refractivity contribution in [1.82, 2.24) is 0 Å². The van der Waals surface area contributed by atoms with Gasteiger partial charge in [-0.3, -0.25) is 0 Å². The Morgan fingerprint density at radius 2 is 1.72 bits per heavy atom. The lowest BCUT2D eigenvalue weighted by molar-refractivity contribution is -0.132. The number of unbranched alkanes of at least 4 members (excludes halogenated alkanes) is 1. The molecule has 4 rings (SSSR count). The first-order chi connectivity index (χ1) is 17.6. The van der Waals surface area contributed by atoms with Crippen LogP contribution in [0.3, 0.4) is 0 Å². The van der Waals surface area contributed by atoms with Gasteiger partial charge in [0.25, 0.3) is 0 Å². The Labute approximate surface area is 214 Å². The largest absolute Gasteiger partial charge is 0.491 e. The van der Waals surface area contributed by atoms with E-state index in [1.54, 1.807) is 0 Å². The minimum Gasteiger partial charge on any atom is -0.491 e. The van der Waals surface area contributed by atoms with Gasteiger partial charge in [-0.1, -0.05) is 49.7 Å². The summed E-state index contributed by atoms with van der Waals surface area (Å²) in [5.41, 5.74) is 5.55. The smallest absolute Gasteiger partial charge is 0.331 e. The molecule has 0 saturated carbocycles. The number of hydrogen-bond donors (Lipinski definition) is 1. The number of carbonyl (C=O) groups is 1. The molecule has 0 aromatic heterocycles. The van der Waals surface area contributed by atoms with Crippen molar-refractivity contribution < 1.29 is 19.4 Å². The van der Waals surface area contributed by atoms with Crippen molar-refractivity contribution in [3.63, 3.8) is 0 Å². The van der Waals surface area contributed by atoms with Crippen LogP contribution in [0, 0.1) is 0 Å². The third-order valence-corrected chi connectivity index (χ3v) is 6.52. The monoisotopic (exact) mass is 485 g/mol. The van der Waals surface area contributed by atoms with Crippen LogP contribution in [0.15, 0.2) is 78.4 Å². The van der Waals surface area contributed by atoms with Crippen LogP contribution in [0.4, 0.5) is 11.4 Å². The van der Waals surface area contributed by atoms with Crippen LogP contribution in [0.2, 0.25) is 0 Å². The van der Waals surface area contributed by atoms with E-state index in [1.165, 1.54) is 0 Å². The molecule has 5 heteroatoms. The van der Waals surface area contributed by atoms with E-state index in [2.05, 4.69) is 49.1 Å². The Morgan fingerprint density at radius 3 is 2.44 bits per heavy atom. The highest BCUT2D eigenvalue weighted by Crippen LogP contribution is 2.38. The van der Waals surface area contributed by atoms with Crippen molar-refractivity contribution >= 4 is 23.4 Å². The van der Waals surface area contributed by atoms with Gasteiger partial charge < -0.3 is 19.5 Å². The predicted molar refractivity (Wildman–Crippen MR) is 146 cm³/mol. The lowest BCUT2D eigenvalue weighted by Gasteiger charge is -2.34. The number of para-hydroxylation sites is 1. The molecule has 0 radical (unpaired) electrons. The molecular weight excluding hydrogens is 450 g/mol. The van der Waals surface area contributed by atoms with Gasteiger partial charge in [-0.25, -0.2) is 4.79 Å². The van der Waals surface area contributed by atoms with E-state index in [4.69, 9.17) is 9.47 Å². The highest BCUT2D eigenvalue weighted by atomic mass is 16.5. The van der Waals surface area contributed by atoms with Crippen LogP contribution in [0.1, 0.15) is 45.1 Å². The van der Waals surface area contributed by atoms with Gasteiger partial charge in [-0.05, 0) is 85.4 Å². The number of aliphatic carboxylic acids is 1. The van der Waals surface area contributed by atoms with Crippen LogP contribution in [-0.2, 0) is 9.53 Å². The molecule has 1 aliphatic rings. The number of nitrogens with zero attached hydrogens (tertiary/aromatic N) is 1. The fraction of sp³-hybridized carbons (Fsp3) is 0.323. The fourth-order valence-corrected chi connectivity index (χ4v) is 4.52. The standard InChI is InChI=1S/C31H35NO4/c1-3-4-18-35-19-20-36-29-15-12-24(13-16-29)25-14-17-30-27(21-25)22-26(31(33)34)11-10-23(2)32(30)28-8-6-5-7-9-28/h5-9,12-17,21-23H,3-4,10-11,18-20H2,1-2H3,(H,33,34). The van der Waals surface area contributed by atoms with E-state index in [0.717, 1.165) is 59.7 Å². The molecule has 1 N–H and O–H groups in total. The van der Waals surface area contributed by atoms with Gasteiger partial charge in [-0.15, -0.1) is 0 Å². The average Bonchev–Trinajstić information content (AvgIpc) is 2.89. The topological polar surface area (TPSA) is 59.0 Å². The first-order valence-corrected chi connectivity index (χ1v) is 12.8. The number of hydrogen-bond acceptors (Lipinski definition) is 4. The highest BCUT2D eigenvalue weighted by Gasteiger charge is 2.24. The van der Waals surface area contributed by atoms with Crippen molar-refractivity contribution in [3.8, 4) is 16.9 Å². The second-order valence-electron chi connectivity index (χ2n) is 9.18. The molecule has 188 valence electrons. The Balaban J connectivity index is 1.60. The quantitative estimate of drug-likeness (QED) is 0.305. The SMILES string of the molecule is CCCCOCCOc1ccc(-c2ccc3c(c2)C=C(C(=O)O)CCC(C)N3c2ccccc2)cc1. The molecule has 0 amide bonds. The molecular formula is C31H35NO4. The lowest BCUT2D eigenvalue weighted by Crippen LogP contribution is -2.30. The molecule has 1 atom stereocenters. The molecule has 0 fully saturated rings.